The zero-order valence-electron chi connectivity index (χ0n) is 10.4. The van der Waals surface area contributed by atoms with Crippen LogP contribution in [-0.4, -0.2) is 23.7 Å². The van der Waals surface area contributed by atoms with E-state index in [1.165, 1.54) is 0 Å². The fourth-order valence-electron chi connectivity index (χ4n) is 1.60. The molecular formula is C13H15BrN2O2. The van der Waals surface area contributed by atoms with Gasteiger partial charge >= 0.3 is 0 Å². The van der Waals surface area contributed by atoms with Crippen LogP contribution >= 0.6 is 15.9 Å². The molecule has 0 N–H and O–H groups in total. The van der Waals surface area contributed by atoms with E-state index in [4.69, 9.17) is 9.47 Å². The first-order chi connectivity index (χ1) is 8.74. The molecule has 1 heterocycles. The number of methoxy groups -OCH3 is 1. The lowest BCUT2D eigenvalue weighted by atomic mass is 10.1. The summed E-state index contributed by atoms with van der Waals surface area (Å²) in [6.45, 7) is 3.16. The van der Waals surface area contributed by atoms with Gasteiger partial charge in [0.15, 0.2) is 6.79 Å². The van der Waals surface area contributed by atoms with Crippen molar-refractivity contribution in [3.05, 3.63) is 35.1 Å². The lowest BCUT2D eigenvalue weighted by molar-refractivity contribution is 0.0506. The van der Waals surface area contributed by atoms with Gasteiger partial charge in [-0.2, -0.15) is 5.10 Å². The van der Waals surface area contributed by atoms with Gasteiger partial charge in [-0.05, 0) is 40.5 Å². The van der Waals surface area contributed by atoms with Gasteiger partial charge in [0.1, 0.15) is 5.75 Å². The maximum absolute atomic E-state index is 5.48. The molecule has 96 valence electrons. The molecule has 1 aromatic carbocycles. The standard InChI is InChI=1S/C13H15BrN2O2/c1-3-16-8-11(7-15-16)10-4-5-12(14)13(6-10)18-9-17-2/h4-8H,3,9H2,1-2H3. The monoisotopic (exact) mass is 310 g/mol. The number of rotatable bonds is 5. The Morgan fingerprint density at radius 2 is 2.17 bits per heavy atom. The molecule has 0 unspecified atom stereocenters. The van der Waals surface area contributed by atoms with Gasteiger partial charge in [-0.25, -0.2) is 0 Å². The summed E-state index contributed by atoms with van der Waals surface area (Å²) in [5, 5.41) is 4.26. The smallest absolute Gasteiger partial charge is 0.188 e. The van der Waals surface area contributed by atoms with E-state index in [0.29, 0.717) is 0 Å². The van der Waals surface area contributed by atoms with Crippen LogP contribution in [0.1, 0.15) is 6.92 Å². The highest BCUT2D eigenvalue weighted by molar-refractivity contribution is 9.10. The van der Waals surface area contributed by atoms with Gasteiger partial charge in [-0.3, -0.25) is 4.68 Å². The van der Waals surface area contributed by atoms with Crippen LogP contribution in [0, 0.1) is 0 Å². The van der Waals surface area contributed by atoms with Crippen molar-refractivity contribution in [2.24, 2.45) is 0 Å². The number of ether oxygens (including phenoxy) is 2. The molecule has 0 saturated carbocycles. The number of halogens is 1. The SMILES string of the molecule is CCn1cc(-c2ccc(Br)c(OCOC)c2)cn1. The van der Waals surface area contributed by atoms with Crippen LogP contribution in [0.2, 0.25) is 0 Å². The van der Waals surface area contributed by atoms with Crippen LogP contribution in [0.15, 0.2) is 35.1 Å². The predicted molar refractivity (Wildman–Crippen MR) is 73.5 cm³/mol. The molecule has 5 heteroatoms. The molecule has 0 fully saturated rings. The van der Waals surface area contributed by atoms with Crippen LogP contribution in [0.25, 0.3) is 11.1 Å². The lowest BCUT2D eigenvalue weighted by Gasteiger charge is -2.08. The Morgan fingerprint density at radius 1 is 1.33 bits per heavy atom. The highest BCUT2D eigenvalue weighted by Gasteiger charge is 2.06. The average molecular weight is 311 g/mol. The average Bonchev–Trinajstić information content (AvgIpc) is 2.86. The van der Waals surface area contributed by atoms with Crippen molar-refractivity contribution < 1.29 is 9.47 Å². The van der Waals surface area contributed by atoms with Crippen molar-refractivity contribution in [2.45, 2.75) is 13.5 Å². The lowest BCUT2D eigenvalue weighted by Crippen LogP contribution is -1.99. The minimum Gasteiger partial charge on any atom is -0.466 e. The van der Waals surface area contributed by atoms with E-state index in [-0.39, 0.29) is 6.79 Å². The molecule has 0 atom stereocenters. The van der Waals surface area contributed by atoms with E-state index in [1.54, 1.807) is 7.11 Å². The molecule has 1 aromatic heterocycles. The van der Waals surface area contributed by atoms with Crippen molar-refractivity contribution in [1.29, 1.82) is 0 Å². The molecular weight excluding hydrogens is 296 g/mol. The summed E-state index contributed by atoms with van der Waals surface area (Å²) < 4.78 is 13.2. The van der Waals surface area contributed by atoms with Gasteiger partial charge < -0.3 is 9.47 Å². The molecule has 0 saturated heterocycles. The van der Waals surface area contributed by atoms with E-state index in [2.05, 4.69) is 28.0 Å². The summed E-state index contributed by atoms with van der Waals surface area (Å²) in [6, 6.07) is 5.96. The van der Waals surface area contributed by atoms with Crippen molar-refractivity contribution in [1.82, 2.24) is 9.78 Å². The van der Waals surface area contributed by atoms with E-state index in [0.717, 1.165) is 27.9 Å². The fourth-order valence-corrected chi connectivity index (χ4v) is 1.96. The van der Waals surface area contributed by atoms with Crippen LogP contribution in [0.3, 0.4) is 0 Å². The van der Waals surface area contributed by atoms with E-state index in [9.17, 15) is 0 Å². The van der Waals surface area contributed by atoms with Crippen LogP contribution < -0.4 is 4.74 Å². The first-order valence-corrected chi connectivity index (χ1v) is 6.48. The Kier molecular flexibility index (Phi) is 4.38. The molecule has 0 aliphatic heterocycles. The molecule has 0 radical (unpaired) electrons. The Labute approximate surface area is 115 Å². The minimum atomic E-state index is 0.232. The van der Waals surface area contributed by atoms with Crippen LogP contribution in [0.4, 0.5) is 0 Å². The summed E-state index contributed by atoms with van der Waals surface area (Å²) >= 11 is 3.45. The normalized spacial score (nSPS) is 10.6. The number of benzene rings is 1. The molecule has 4 nitrogen and oxygen atoms in total. The predicted octanol–water partition coefficient (Wildman–Crippen LogP) is 3.32. The second kappa shape index (κ2) is 6.02. The second-order valence-electron chi connectivity index (χ2n) is 3.78. The molecule has 0 aliphatic carbocycles. The van der Waals surface area contributed by atoms with Crippen molar-refractivity contribution >= 4 is 15.9 Å². The minimum absolute atomic E-state index is 0.232. The molecule has 0 amide bonds. The molecule has 18 heavy (non-hydrogen) atoms. The molecule has 2 rings (SSSR count). The summed E-state index contributed by atoms with van der Waals surface area (Å²) in [7, 11) is 1.60. The van der Waals surface area contributed by atoms with E-state index in [1.807, 2.05) is 35.3 Å². The fraction of sp³-hybridized carbons (Fsp3) is 0.308. The Bertz CT molecular complexity index is 525. The van der Waals surface area contributed by atoms with E-state index < -0.39 is 0 Å². The molecule has 0 bridgehead atoms. The number of hydrogen-bond donors (Lipinski definition) is 0. The third-order valence-corrected chi connectivity index (χ3v) is 3.21. The number of aryl methyl sites for hydroxylation is 1. The Balaban J connectivity index is 2.28. The highest BCUT2D eigenvalue weighted by Crippen LogP contribution is 2.30. The summed E-state index contributed by atoms with van der Waals surface area (Å²) in [5.74, 6) is 0.763. The number of aromatic nitrogens is 2. The first kappa shape index (κ1) is 13.1. The van der Waals surface area contributed by atoms with Gasteiger partial charge in [-0.15, -0.1) is 0 Å². The zero-order chi connectivity index (χ0) is 13.0. The second-order valence-corrected chi connectivity index (χ2v) is 4.64. The van der Waals surface area contributed by atoms with Gasteiger partial charge in [0.25, 0.3) is 0 Å². The summed E-state index contributed by atoms with van der Waals surface area (Å²) in [6.07, 6.45) is 3.87. The maximum Gasteiger partial charge on any atom is 0.188 e. The van der Waals surface area contributed by atoms with Gasteiger partial charge in [-0.1, -0.05) is 6.07 Å². The third-order valence-electron chi connectivity index (χ3n) is 2.55. The van der Waals surface area contributed by atoms with Gasteiger partial charge in [0.2, 0.25) is 0 Å². The Morgan fingerprint density at radius 3 is 2.83 bits per heavy atom. The molecule has 0 spiro atoms. The third kappa shape index (κ3) is 2.91. The summed E-state index contributed by atoms with van der Waals surface area (Å²) in [5.41, 5.74) is 2.15. The quantitative estimate of drug-likeness (QED) is 0.795. The Hall–Kier alpha value is -1.33. The van der Waals surface area contributed by atoms with Crippen LogP contribution in [0.5, 0.6) is 5.75 Å². The largest absolute Gasteiger partial charge is 0.466 e. The van der Waals surface area contributed by atoms with Crippen molar-refractivity contribution in [2.75, 3.05) is 13.9 Å². The topological polar surface area (TPSA) is 36.3 Å². The van der Waals surface area contributed by atoms with Crippen LogP contribution in [-0.2, 0) is 11.3 Å². The number of nitrogens with zero attached hydrogens (tertiary/aromatic N) is 2. The molecule has 2 aromatic rings. The van der Waals surface area contributed by atoms with Crippen molar-refractivity contribution in [3.8, 4) is 16.9 Å². The van der Waals surface area contributed by atoms with Gasteiger partial charge in [0.05, 0.1) is 10.7 Å². The highest BCUT2D eigenvalue weighted by atomic mass is 79.9. The molecule has 0 aliphatic rings. The van der Waals surface area contributed by atoms with Crippen molar-refractivity contribution in [3.63, 3.8) is 0 Å². The van der Waals surface area contributed by atoms with E-state index >= 15 is 0 Å². The maximum atomic E-state index is 5.48. The number of hydrogen-bond acceptors (Lipinski definition) is 3. The first-order valence-electron chi connectivity index (χ1n) is 5.68. The summed E-state index contributed by atoms with van der Waals surface area (Å²) in [4.78, 5) is 0. The van der Waals surface area contributed by atoms with Gasteiger partial charge in [0, 0.05) is 25.4 Å². The zero-order valence-corrected chi connectivity index (χ0v) is 12.0.